The van der Waals surface area contributed by atoms with Crippen LogP contribution in [-0.2, 0) is 13.0 Å². The normalized spacial score (nSPS) is 11.4. The third kappa shape index (κ3) is 3.37. The summed E-state index contributed by atoms with van der Waals surface area (Å²) in [5.41, 5.74) is 3.64. The molecule has 114 valence electrons. The fourth-order valence-corrected chi connectivity index (χ4v) is 2.81. The second-order valence-electron chi connectivity index (χ2n) is 6.00. The number of imidazole rings is 1. The molecular formula is C19H23N3. The summed E-state index contributed by atoms with van der Waals surface area (Å²) in [5.74, 6) is 1.19. The summed E-state index contributed by atoms with van der Waals surface area (Å²) in [6, 6.07) is 19.0. The third-order valence-corrected chi connectivity index (χ3v) is 3.92. The van der Waals surface area contributed by atoms with Crippen LogP contribution in [-0.4, -0.2) is 35.1 Å². The van der Waals surface area contributed by atoms with Crippen molar-refractivity contribution in [1.82, 2.24) is 14.5 Å². The summed E-state index contributed by atoms with van der Waals surface area (Å²) in [6.07, 6.45) is 2.14. The molecule has 1 heterocycles. The molecule has 0 aliphatic rings. The summed E-state index contributed by atoms with van der Waals surface area (Å²) in [4.78, 5) is 7.08. The minimum atomic E-state index is 0.888. The number of benzene rings is 2. The fourth-order valence-electron chi connectivity index (χ4n) is 2.81. The number of hydrogen-bond acceptors (Lipinski definition) is 2. The van der Waals surface area contributed by atoms with Crippen molar-refractivity contribution in [2.45, 2.75) is 19.4 Å². The molecule has 0 saturated heterocycles. The SMILES string of the molecule is CN(C)CCCc1nc2ccccc2n1Cc1ccccc1. The van der Waals surface area contributed by atoms with Gasteiger partial charge in [0.1, 0.15) is 5.82 Å². The Morgan fingerprint density at radius 2 is 1.68 bits per heavy atom. The highest BCUT2D eigenvalue weighted by Crippen LogP contribution is 2.19. The molecule has 3 rings (SSSR count). The van der Waals surface area contributed by atoms with Gasteiger partial charge >= 0.3 is 0 Å². The molecule has 0 unspecified atom stereocenters. The molecule has 0 spiro atoms. The second kappa shape index (κ2) is 6.75. The topological polar surface area (TPSA) is 21.1 Å². The molecular weight excluding hydrogens is 270 g/mol. The highest BCUT2D eigenvalue weighted by molar-refractivity contribution is 5.76. The standard InChI is InChI=1S/C19H23N3/c1-21(2)14-8-13-19-20-17-11-6-7-12-18(17)22(19)15-16-9-4-3-5-10-16/h3-7,9-12H,8,13-15H2,1-2H3. The van der Waals surface area contributed by atoms with Gasteiger partial charge in [-0.25, -0.2) is 4.98 Å². The Morgan fingerprint density at radius 3 is 2.45 bits per heavy atom. The maximum atomic E-state index is 4.85. The molecule has 0 bridgehead atoms. The predicted octanol–water partition coefficient (Wildman–Crippen LogP) is 3.58. The molecule has 0 fully saturated rings. The minimum Gasteiger partial charge on any atom is -0.323 e. The number of aromatic nitrogens is 2. The maximum absolute atomic E-state index is 4.85. The van der Waals surface area contributed by atoms with Crippen molar-refractivity contribution in [3.63, 3.8) is 0 Å². The smallest absolute Gasteiger partial charge is 0.110 e. The first kappa shape index (κ1) is 14.8. The molecule has 1 aromatic heterocycles. The van der Waals surface area contributed by atoms with E-state index >= 15 is 0 Å². The number of rotatable bonds is 6. The molecule has 0 amide bonds. The van der Waals surface area contributed by atoms with Crippen molar-refractivity contribution in [2.24, 2.45) is 0 Å². The second-order valence-corrected chi connectivity index (χ2v) is 6.00. The molecule has 0 N–H and O–H groups in total. The average molecular weight is 293 g/mol. The number of para-hydroxylation sites is 2. The Morgan fingerprint density at radius 1 is 0.955 bits per heavy atom. The van der Waals surface area contributed by atoms with Crippen LogP contribution in [0.4, 0.5) is 0 Å². The zero-order valence-electron chi connectivity index (χ0n) is 13.4. The van der Waals surface area contributed by atoms with Gasteiger partial charge in [-0.15, -0.1) is 0 Å². The van der Waals surface area contributed by atoms with Crippen LogP contribution in [0, 0.1) is 0 Å². The van der Waals surface area contributed by atoms with Crippen LogP contribution in [0.1, 0.15) is 17.8 Å². The summed E-state index contributed by atoms with van der Waals surface area (Å²) < 4.78 is 2.36. The molecule has 0 radical (unpaired) electrons. The van der Waals surface area contributed by atoms with Gasteiger partial charge in [-0.3, -0.25) is 0 Å². The molecule has 3 nitrogen and oxygen atoms in total. The van der Waals surface area contributed by atoms with E-state index in [9.17, 15) is 0 Å². The van der Waals surface area contributed by atoms with Crippen molar-refractivity contribution < 1.29 is 0 Å². The van der Waals surface area contributed by atoms with Gasteiger partial charge in [0.15, 0.2) is 0 Å². The quantitative estimate of drug-likeness (QED) is 0.692. The van der Waals surface area contributed by atoms with Crippen molar-refractivity contribution in [1.29, 1.82) is 0 Å². The molecule has 3 aromatic rings. The number of nitrogens with zero attached hydrogens (tertiary/aromatic N) is 3. The lowest BCUT2D eigenvalue weighted by atomic mass is 10.2. The summed E-state index contributed by atoms with van der Waals surface area (Å²) in [7, 11) is 4.24. The van der Waals surface area contributed by atoms with Gasteiger partial charge in [0, 0.05) is 13.0 Å². The largest absolute Gasteiger partial charge is 0.323 e. The molecule has 2 aromatic carbocycles. The lowest BCUT2D eigenvalue weighted by Crippen LogP contribution is -2.15. The molecule has 0 aliphatic carbocycles. The first-order valence-electron chi connectivity index (χ1n) is 7.87. The lowest BCUT2D eigenvalue weighted by molar-refractivity contribution is 0.397. The van der Waals surface area contributed by atoms with E-state index in [0.29, 0.717) is 0 Å². The van der Waals surface area contributed by atoms with E-state index < -0.39 is 0 Å². The molecule has 22 heavy (non-hydrogen) atoms. The summed E-state index contributed by atoms with van der Waals surface area (Å²) in [5, 5.41) is 0. The highest BCUT2D eigenvalue weighted by atomic mass is 15.1. The van der Waals surface area contributed by atoms with Gasteiger partial charge in [-0.05, 0) is 44.8 Å². The Hall–Kier alpha value is -2.13. The number of hydrogen-bond donors (Lipinski definition) is 0. The van der Waals surface area contributed by atoms with E-state index in [1.54, 1.807) is 0 Å². The van der Waals surface area contributed by atoms with Gasteiger partial charge < -0.3 is 9.47 Å². The Labute approximate surface area is 132 Å². The van der Waals surface area contributed by atoms with E-state index in [1.807, 2.05) is 0 Å². The Bertz CT molecular complexity index is 729. The van der Waals surface area contributed by atoms with Gasteiger partial charge in [0.2, 0.25) is 0 Å². The fraction of sp³-hybridized carbons (Fsp3) is 0.316. The van der Waals surface area contributed by atoms with Crippen molar-refractivity contribution in [2.75, 3.05) is 20.6 Å². The molecule has 3 heteroatoms. The van der Waals surface area contributed by atoms with Crippen LogP contribution in [0.25, 0.3) is 11.0 Å². The number of fused-ring (bicyclic) bond motifs is 1. The average Bonchev–Trinajstić information content (AvgIpc) is 2.86. The molecule has 0 saturated carbocycles. The third-order valence-electron chi connectivity index (χ3n) is 3.92. The van der Waals surface area contributed by atoms with E-state index in [1.165, 1.54) is 16.9 Å². The van der Waals surface area contributed by atoms with Crippen molar-refractivity contribution >= 4 is 11.0 Å². The van der Waals surface area contributed by atoms with Crippen LogP contribution in [0.5, 0.6) is 0 Å². The van der Waals surface area contributed by atoms with Gasteiger partial charge in [0.05, 0.1) is 11.0 Å². The first-order valence-corrected chi connectivity index (χ1v) is 7.87. The highest BCUT2D eigenvalue weighted by Gasteiger charge is 2.10. The lowest BCUT2D eigenvalue weighted by Gasteiger charge is -2.11. The van der Waals surface area contributed by atoms with Crippen LogP contribution in [0.2, 0.25) is 0 Å². The predicted molar refractivity (Wildman–Crippen MR) is 92.2 cm³/mol. The Kier molecular flexibility index (Phi) is 4.54. The zero-order chi connectivity index (χ0) is 15.4. The maximum Gasteiger partial charge on any atom is 0.110 e. The van der Waals surface area contributed by atoms with Gasteiger partial charge in [0.25, 0.3) is 0 Å². The van der Waals surface area contributed by atoms with Crippen LogP contribution < -0.4 is 0 Å². The van der Waals surface area contributed by atoms with Crippen LogP contribution in [0.15, 0.2) is 54.6 Å². The van der Waals surface area contributed by atoms with E-state index in [-0.39, 0.29) is 0 Å². The molecule has 0 atom stereocenters. The first-order chi connectivity index (χ1) is 10.7. The number of aryl methyl sites for hydroxylation is 1. The van der Waals surface area contributed by atoms with Gasteiger partial charge in [-0.2, -0.15) is 0 Å². The van der Waals surface area contributed by atoms with E-state index in [0.717, 1.165) is 31.4 Å². The van der Waals surface area contributed by atoms with Crippen LogP contribution in [0.3, 0.4) is 0 Å². The van der Waals surface area contributed by atoms with Crippen LogP contribution >= 0.6 is 0 Å². The molecule has 0 aliphatic heterocycles. The summed E-state index contributed by atoms with van der Waals surface area (Å²) >= 11 is 0. The Balaban J connectivity index is 1.91. The van der Waals surface area contributed by atoms with Crippen molar-refractivity contribution in [3.05, 3.63) is 66.0 Å². The summed E-state index contributed by atoms with van der Waals surface area (Å²) in [6.45, 7) is 1.98. The van der Waals surface area contributed by atoms with Gasteiger partial charge in [-0.1, -0.05) is 42.5 Å². The zero-order valence-corrected chi connectivity index (χ0v) is 13.4. The minimum absolute atomic E-state index is 0.888. The van der Waals surface area contributed by atoms with E-state index in [4.69, 9.17) is 4.98 Å². The van der Waals surface area contributed by atoms with E-state index in [2.05, 4.69) is 78.2 Å². The monoisotopic (exact) mass is 293 g/mol. The van der Waals surface area contributed by atoms with Crippen molar-refractivity contribution in [3.8, 4) is 0 Å².